The molecule has 0 aliphatic heterocycles. The molecule has 0 saturated heterocycles. The number of nitrogens with one attached hydrogen (secondary N) is 1. The summed E-state index contributed by atoms with van der Waals surface area (Å²) in [6, 6.07) is 3.68. The lowest BCUT2D eigenvalue weighted by atomic mass is 10.1. The molecule has 0 fully saturated rings. The van der Waals surface area contributed by atoms with Crippen molar-refractivity contribution in [2.24, 2.45) is 5.92 Å². The van der Waals surface area contributed by atoms with E-state index in [0.29, 0.717) is 23.8 Å². The summed E-state index contributed by atoms with van der Waals surface area (Å²) >= 11 is 3.36. The van der Waals surface area contributed by atoms with Crippen LogP contribution in [0, 0.1) is 12.8 Å². The van der Waals surface area contributed by atoms with Crippen molar-refractivity contribution in [3.8, 4) is 5.75 Å². The van der Waals surface area contributed by atoms with Crippen molar-refractivity contribution in [1.29, 1.82) is 0 Å². The molecule has 0 aliphatic rings. The summed E-state index contributed by atoms with van der Waals surface area (Å²) in [6.07, 6.45) is 0. The van der Waals surface area contributed by atoms with E-state index >= 15 is 0 Å². The second-order valence-corrected chi connectivity index (χ2v) is 5.77. The standard InChI is InChI=1S/C14H20BrNO3/c1-9(2)6-16-13(18)8-19-14-10(3)4-12(15)5-11(14)7-17/h4-5,9,17H,6-8H2,1-3H3,(H,16,18). The molecule has 0 aromatic heterocycles. The zero-order chi connectivity index (χ0) is 14.4. The van der Waals surface area contributed by atoms with Gasteiger partial charge in [0.05, 0.1) is 6.61 Å². The van der Waals surface area contributed by atoms with Gasteiger partial charge in [-0.3, -0.25) is 4.79 Å². The first kappa shape index (κ1) is 16.0. The van der Waals surface area contributed by atoms with E-state index in [9.17, 15) is 9.90 Å². The van der Waals surface area contributed by atoms with Gasteiger partial charge in [0.2, 0.25) is 0 Å². The fourth-order valence-electron chi connectivity index (χ4n) is 1.63. The molecule has 2 N–H and O–H groups in total. The van der Waals surface area contributed by atoms with Crippen molar-refractivity contribution < 1.29 is 14.6 Å². The third-order valence-electron chi connectivity index (χ3n) is 2.54. The fraction of sp³-hybridized carbons (Fsp3) is 0.500. The highest BCUT2D eigenvalue weighted by atomic mass is 79.9. The summed E-state index contributed by atoms with van der Waals surface area (Å²) in [5.74, 6) is 0.830. The van der Waals surface area contributed by atoms with E-state index in [-0.39, 0.29) is 19.1 Å². The predicted molar refractivity (Wildman–Crippen MR) is 78.1 cm³/mol. The molecule has 4 nitrogen and oxygen atoms in total. The highest BCUT2D eigenvalue weighted by Gasteiger charge is 2.10. The summed E-state index contributed by atoms with van der Waals surface area (Å²) in [7, 11) is 0. The first-order valence-electron chi connectivity index (χ1n) is 6.23. The highest BCUT2D eigenvalue weighted by Crippen LogP contribution is 2.28. The van der Waals surface area contributed by atoms with Crippen molar-refractivity contribution in [2.75, 3.05) is 13.2 Å². The first-order valence-corrected chi connectivity index (χ1v) is 7.02. The Labute approximate surface area is 122 Å². The zero-order valence-electron chi connectivity index (χ0n) is 11.5. The number of ether oxygens (including phenoxy) is 1. The second-order valence-electron chi connectivity index (χ2n) is 4.86. The van der Waals surface area contributed by atoms with E-state index < -0.39 is 0 Å². The van der Waals surface area contributed by atoms with Crippen molar-refractivity contribution in [1.82, 2.24) is 5.32 Å². The van der Waals surface area contributed by atoms with E-state index in [0.717, 1.165) is 10.0 Å². The van der Waals surface area contributed by atoms with Crippen LogP contribution in [0.3, 0.4) is 0 Å². The maximum atomic E-state index is 11.6. The lowest BCUT2D eigenvalue weighted by molar-refractivity contribution is -0.123. The number of aryl methyl sites for hydroxylation is 1. The number of carbonyl (C=O) groups is 1. The van der Waals surface area contributed by atoms with Gasteiger partial charge in [-0.25, -0.2) is 0 Å². The minimum Gasteiger partial charge on any atom is -0.483 e. The molecule has 1 amide bonds. The van der Waals surface area contributed by atoms with Gasteiger partial charge in [-0.1, -0.05) is 29.8 Å². The molecule has 0 aliphatic carbocycles. The summed E-state index contributed by atoms with van der Waals surface area (Å²) in [6.45, 7) is 6.42. The quantitative estimate of drug-likeness (QED) is 0.842. The molecular formula is C14H20BrNO3. The Morgan fingerprint density at radius 2 is 2.16 bits per heavy atom. The molecular weight excluding hydrogens is 310 g/mol. The molecule has 0 atom stereocenters. The minimum absolute atomic E-state index is 0.0395. The average molecular weight is 330 g/mol. The number of hydrogen-bond donors (Lipinski definition) is 2. The van der Waals surface area contributed by atoms with Crippen molar-refractivity contribution in [3.63, 3.8) is 0 Å². The first-order chi connectivity index (χ1) is 8.93. The normalized spacial score (nSPS) is 10.6. The molecule has 0 unspecified atom stereocenters. The lowest BCUT2D eigenvalue weighted by Gasteiger charge is -2.14. The van der Waals surface area contributed by atoms with E-state index in [1.54, 1.807) is 6.07 Å². The third-order valence-corrected chi connectivity index (χ3v) is 3.00. The van der Waals surface area contributed by atoms with Crippen LogP contribution in [-0.2, 0) is 11.4 Å². The fourth-order valence-corrected chi connectivity index (χ4v) is 2.25. The Hall–Kier alpha value is -1.07. The summed E-state index contributed by atoms with van der Waals surface area (Å²) in [5.41, 5.74) is 1.55. The molecule has 19 heavy (non-hydrogen) atoms. The van der Waals surface area contributed by atoms with Crippen LogP contribution in [0.15, 0.2) is 16.6 Å². The van der Waals surface area contributed by atoms with Gasteiger partial charge in [-0.2, -0.15) is 0 Å². The maximum Gasteiger partial charge on any atom is 0.257 e. The monoisotopic (exact) mass is 329 g/mol. The van der Waals surface area contributed by atoms with Gasteiger partial charge in [0.25, 0.3) is 5.91 Å². The molecule has 1 aromatic rings. The molecule has 0 heterocycles. The van der Waals surface area contributed by atoms with Crippen LogP contribution in [0.5, 0.6) is 5.75 Å². The topological polar surface area (TPSA) is 58.6 Å². The largest absolute Gasteiger partial charge is 0.483 e. The molecule has 0 saturated carbocycles. The Kier molecular flexibility index (Phi) is 6.31. The molecule has 106 valence electrons. The number of rotatable bonds is 6. The van der Waals surface area contributed by atoms with E-state index in [1.807, 2.05) is 26.8 Å². The van der Waals surface area contributed by atoms with Gasteiger partial charge in [-0.05, 0) is 30.5 Å². The van der Waals surface area contributed by atoms with Crippen LogP contribution in [0.2, 0.25) is 0 Å². The number of aliphatic hydroxyl groups is 1. The van der Waals surface area contributed by atoms with Crippen LogP contribution < -0.4 is 10.1 Å². The van der Waals surface area contributed by atoms with E-state index in [2.05, 4.69) is 21.2 Å². The van der Waals surface area contributed by atoms with E-state index in [4.69, 9.17) is 4.74 Å². The van der Waals surface area contributed by atoms with Gasteiger partial charge in [0.1, 0.15) is 5.75 Å². The predicted octanol–water partition coefficient (Wildman–Crippen LogP) is 2.40. The maximum absolute atomic E-state index is 11.6. The minimum atomic E-state index is -0.153. The molecule has 0 radical (unpaired) electrons. The van der Waals surface area contributed by atoms with Crippen LogP contribution in [0.4, 0.5) is 0 Å². The summed E-state index contributed by atoms with van der Waals surface area (Å²) in [4.78, 5) is 11.6. The highest BCUT2D eigenvalue weighted by molar-refractivity contribution is 9.10. The van der Waals surface area contributed by atoms with Crippen LogP contribution in [0.25, 0.3) is 0 Å². The van der Waals surface area contributed by atoms with Gasteiger partial charge in [-0.15, -0.1) is 0 Å². The van der Waals surface area contributed by atoms with E-state index in [1.165, 1.54) is 0 Å². The van der Waals surface area contributed by atoms with Crippen LogP contribution in [-0.4, -0.2) is 24.2 Å². The SMILES string of the molecule is Cc1cc(Br)cc(CO)c1OCC(=O)NCC(C)C. The van der Waals surface area contributed by atoms with Crippen molar-refractivity contribution >= 4 is 21.8 Å². The summed E-state index contributed by atoms with van der Waals surface area (Å²) < 4.78 is 6.40. The lowest BCUT2D eigenvalue weighted by Crippen LogP contribution is -2.32. The average Bonchev–Trinajstić information content (AvgIpc) is 2.34. The molecule has 1 aromatic carbocycles. The van der Waals surface area contributed by atoms with Crippen LogP contribution >= 0.6 is 15.9 Å². The smallest absolute Gasteiger partial charge is 0.257 e. The Morgan fingerprint density at radius 1 is 1.47 bits per heavy atom. The molecule has 0 spiro atoms. The van der Waals surface area contributed by atoms with Gasteiger partial charge < -0.3 is 15.2 Å². The van der Waals surface area contributed by atoms with Gasteiger partial charge in [0.15, 0.2) is 6.61 Å². The Morgan fingerprint density at radius 3 is 2.74 bits per heavy atom. The number of halogens is 1. The number of carbonyl (C=O) groups excluding carboxylic acids is 1. The zero-order valence-corrected chi connectivity index (χ0v) is 13.1. The Balaban J connectivity index is 2.65. The van der Waals surface area contributed by atoms with Crippen molar-refractivity contribution in [3.05, 3.63) is 27.7 Å². The Bertz CT molecular complexity index is 447. The molecule has 5 heteroatoms. The second kappa shape index (κ2) is 7.50. The van der Waals surface area contributed by atoms with Crippen LogP contribution in [0.1, 0.15) is 25.0 Å². The van der Waals surface area contributed by atoms with Gasteiger partial charge >= 0.3 is 0 Å². The molecule has 0 bridgehead atoms. The van der Waals surface area contributed by atoms with Crippen molar-refractivity contribution in [2.45, 2.75) is 27.4 Å². The number of hydrogen-bond acceptors (Lipinski definition) is 3. The number of benzene rings is 1. The molecule has 1 rings (SSSR count). The summed E-state index contributed by atoms with van der Waals surface area (Å²) in [5, 5.41) is 12.1. The van der Waals surface area contributed by atoms with Gasteiger partial charge in [0, 0.05) is 16.6 Å². The third kappa shape index (κ3) is 5.20. The number of amides is 1. The number of aliphatic hydroxyl groups excluding tert-OH is 1.